The van der Waals surface area contributed by atoms with E-state index in [-0.39, 0.29) is 5.75 Å². The highest BCUT2D eigenvalue weighted by Crippen LogP contribution is 2.22. The molecule has 4 nitrogen and oxygen atoms in total. The third-order valence-corrected chi connectivity index (χ3v) is 5.91. The number of sulfonamides is 1. The minimum atomic E-state index is -3.12. The molecule has 1 aromatic rings. The van der Waals surface area contributed by atoms with Crippen LogP contribution < -0.4 is 5.73 Å². The Kier molecular flexibility index (Phi) is 5.57. The van der Waals surface area contributed by atoms with Crippen molar-refractivity contribution in [3.8, 4) is 0 Å². The Morgan fingerprint density at radius 2 is 1.80 bits per heavy atom. The molecule has 0 saturated carbocycles. The Morgan fingerprint density at radius 3 is 2.40 bits per heavy atom. The number of rotatable bonds is 6. The summed E-state index contributed by atoms with van der Waals surface area (Å²) in [6.07, 6.45) is 3.49. The van der Waals surface area contributed by atoms with Gasteiger partial charge in [0.1, 0.15) is 0 Å². The predicted molar refractivity (Wildman–Crippen MR) is 81.9 cm³/mol. The molecule has 1 aliphatic rings. The molecular weight excluding hydrogens is 272 g/mol. The summed E-state index contributed by atoms with van der Waals surface area (Å²) in [5.41, 5.74) is 6.64. The molecule has 20 heavy (non-hydrogen) atoms. The van der Waals surface area contributed by atoms with Crippen LogP contribution in [0.1, 0.15) is 24.8 Å². The molecule has 1 saturated heterocycles. The highest BCUT2D eigenvalue weighted by molar-refractivity contribution is 7.89. The van der Waals surface area contributed by atoms with Crippen molar-refractivity contribution >= 4 is 10.0 Å². The zero-order chi connectivity index (χ0) is 14.4. The Morgan fingerprint density at radius 1 is 1.15 bits per heavy atom. The smallest absolute Gasteiger partial charge is 0.214 e. The minimum absolute atomic E-state index is 0.207. The number of aryl methyl sites for hydroxylation is 1. The summed E-state index contributed by atoms with van der Waals surface area (Å²) in [4.78, 5) is 0. The van der Waals surface area contributed by atoms with Crippen LogP contribution in [-0.2, 0) is 16.4 Å². The highest BCUT2D eigenvalue weighted by atomic mass is 32.2. The van der Waals surface area contributed by atoms with Gasteiger partial charge in [0.05, 0.1) is 5.75 Å². The van der Waals surface area contributed by atoms with Crippen LogP contribution in [0.4, 0.5) is 0 Å². The summed E-state index contributed by atoms with van der Waals surface area (Å²) in [7, 11) is -3.12. The molecule has 1 heterocycles. The van der Waals surface area contributed by atoms with Gasteiger partial charge >= 0.3 is 0 Å². The SMILES string of the molecule is NCCC1CCN(S(=O)(=O)CCc2ccccc2)CC1. The van der Waals surface area contributed by atoms with Gasteiger partial charge < -0.3 is 5.73 Å². The van der Waals surface area contributed by atoms with Gasteiger partial charge in [-0.1, -0.05) is 30.3 Å². The van der Waals surface area contributed by atoms with Crippen LogP contribution in [-0.4, -0.2) is 38.1 Å². The van der Waals surface area contributed by atoms with E-state index in [0.717, 1.165) is 24.8 Å². The summed E-state index contributed by atoms with van der Waals surface area (Å²) in [6.45, 7) is 2.01. The van der Waals surface area contributed by atoms with Crippen LogP contribution in [0.15, 0.2) is 30.3 Å². The van der Waals surface area contributed by atoms with E-state index in [1.807, 2.05) is 30.3 Å². The van der Waals surface area contributed by atoms with Crippen molar-refractivity contribution in [3.63, 3.8) is 0 Å². The van der Waals surface area contributed by atoms with Crippen LogP contribution in [0.25, 0.3) is 0 Å². The first-order valence-corrected chi connectivity index (χ1v) is 8.94. The fraction of sp³-hybridized carbons (Fsp3) is 0.600. The maximum Gasteiger partial charge on any atom is 0.214 e. The monoisotopic (exact) mass is 296 g/mol. The summed E-state index contributed by atoms with van der Waals surface area (Å²) >= 11 is 0. The van der Waals surface area contributed by atoms with Crippen LogP contribution in [0, 0.1) is 5.92 Å². The second-order valence-corrected chi connectivity index (χ2v) is 7.56. The van der Waals surface area contributed by atoms with Gasteiger partial charge in [0.15, 0.2) is 0 Å². The molecule has 0 spiro atoms. The average molecular weight is 296 g/mol. The third-order valence-electron chi connectivity index (χ3n) is 4.03. The largest absolute Gasteiger partial charge is 0.330 e. The van der Waals surface area contributed by atoms with E-state index < -0.39 is 10.0 Å². The summed E-state index contributed by atoms with van der Waals surface area (Å²) in [5.74, 6) is 0.805. The first-order chi connectivity index (χ1) is 9.62. The zero-order valence-corrected chi connectivity index (χ0v) is 12.7. The molecule has 0 aromatic heterocycles. The quantitative estimate of drug-likeness (QED) is 0.867. The minimum Gasteiger partial charge on any atom is -0.330 e. The lowest BCUT2D eigenvalue weighted by Crippen LogP contribution is -2.40. The van der Waals surface area contributed by atoms with Crippen molar-refractivity contribution in [1.82, 2.24) is 4.31 Å². The maximum absolute atomic E-state index is 12.3. The van der Waals surface area contributed by atoms with E-state index in [9.17, 15) is 8.42 Å². The highest BCUT2D eigenvalue weighted by Gasteiger charge is 2.27. The zero-order valence-electron chi connectivity index (χ0n) is 11.9. The molecule has 1 aromatic carbocycles. The van der Waals surface area contributed by atoms with Crippen LogP contribution >= 0.6 is 0 Å². The lowest BCUT2D eigenvalue weighted by molar-refractivity contribution is 0.266. The summed E-state index contributed by atoms with van der Waals surface area (Å²) in [5, 5.41) is 0. The van der Waals surface area contributed by atoms with Crippen molar-refractivity contribution in [1.29, 1.82) is 0 Å². The van der Waals surface area contributed by atoms with E-state index in [2.05, 4.69) is 0 Å². The molecule has 1 fully saturated rings. The molecule has 1 aliphatic heterocycles. The van der Waals surface area contributed by atoms with E-state index >= 15 is 0 Å². The number of nitrogens with two attached hydrogens (primary N) is 1. The van der Waals surface area contributed by atoms with Crippen LogP contribution in [0.5, 0.6) is 0 Å². The molecule has 5 heteroatoms. The number of hydrogen-bond donors (Lipinski definition) is 1. The second kappa shape index (κ2) is 7.20. The molecule has 0 radical (unpaired) electrons. The number of piperidine rings is 1. The van der Waals surface area contributed by atoms with Crippen molar-refractivity contribution < 1.29 is 8.42 Å². The fourth-order valence-electron chi connectivity index (χ4n) is 2.73. The molecule has 0 aliphatic carbocycles. The van der Waals surface area contributed by atoms with Crippen molar-refractivity contribution in [2.24, 2.45) is 11.7 Å². The Bertz CT molecular complexity index is 494. The molecule has 0 unspecified atom stereocenters. The first kappa shape index (κ1) is 15.5. The molecular formula is C15H24N2O2S. The van der Waals surface area contributed by atoms with Gasteiger partial charge in [-0.05, 0) is 43.7 Å². The molecule has 0 amide bonds. The lowest BCUT2D eigenvalue weighted by Gasteiger charge is -2.31. The molecule has 112 valence electrons. The van der Waals surface area contributed by atoms with Crippen LogP contribution in [0.2, 0.25) is 0 Å². The van der Waals surface area contributed by atoms with Gasteiger partial charge in [0.25, 0.3) is 0 Å². The summed E-state index contributed by atoms with van der Waals surface area (Å²) in [6, 6.07) is 9.78. The van der Waals surface area contributed by atoms with E-state index in [4.69, 9.17) is 5.73 Å². The Labute approximate surface area is 122 Å². The van der Waals surface area contributed by atoms with Gasteiger partial charge in [-0.3, -0.25) is 0 Å². The van der Waals surface area contributed by atoms with Gasteiger partial charge in [0, 0.05) is 13.1 Å². The maximum atomic E-state index is 12.3. The molecule has 2 N–H and O–H groups in total. The second-order valence-electron chi connectivity index (χ2n) is 5.47. The van der Waals surface area contributed by atoms with E-state index in [0.29, 0.717) is 32.0 Å². The van der Waals surface area contributed by atoms with Gasteiger partial charge in [-0.25, -0.2) is 12.7 Å². The third kappa shape index (κ3) is 4.30. The lowest BCUT2D eigenvalue weighted by atomic mass is 9.95. The number of hydrogen-bond acceptors (Lipinski definition) is 3. The van der Waals surface area contributed by atoms with Crippen molar-refractivity contribution in [2.75, 3.05) is 25.4 Å². The number of benzene rings is 1. The Balaban J connectivity index is 1.85. The van der Waals surface area contributed by atoms with Crippen LogP contribution in [0.3, 0.4) is 0 Å². The Hall–Kier alpha value is -0.910. The van der Waals surface area contributed by atoms with E-state index in [1.54, 1.807) is 4.31 Å². The molecule has 0 atom stereocenters. The first-order valence-electron chi connectivity index (χ1n) is 7.33. The molecule has 2 rings (SSSR count). The van der Waals surface area contributed by atoms with Gasteiger partial charge in [-0.2, -0.15) is 0 Å². The van der Waals surface area contributed by atoms with Gasteiger partial charge in [-0.15, -0.1) is 0 Å². The number of nitrogens with zero attached hydrogens (tertiary/aromatic N) is 1. The van der Waals surface area contributed by atoms with E-state index in [1.165, 1.54) is 0 Å². The topological polar surface area (TPSA) is 63.4 Å². The van der Waals surface area contributed by atoms with Gasteiger partial charge in [0.2, 0.25) is 10.0 Å². The normalized spacial score (nSPS) is 18.2. The average Bonchev–Trinajstić information content (AvgIpc) is 2.47. The van der Waals surface area contributed by atoms with Crippen molar-refractivity contribution in [2.45, 2.75) is 25.7 Å². The summed E-state index contributed by atoms with van der Waals surface area (Å²) < 4.78 is 26.3. The predicted octanol–water partition coefficient (Wildman–Crippen LogP) is 1.62. The molecule has 0 bridgehead atoms. The standard InChI is InChI=1S/C15H24N2O2S/c16-10-6-15-7-11-17(12-8-15)20(18,19)13-9-14-4-2-1-3-5-14/h1-5,15H,6-13,16H2. The fourth-order valence-corrected chi connectivity index (χ4v) is 4.25. The van der Waals surface area contributed by atoms with Crippen molar-refractivity contribution in [3.05, 3.63) is 35.9 Å².